The average Bonchev–Trinajstić information content (AvgIpc) is 2.36. The molecule has 1 aromatic rings. The third-order valence-corrected chi connectivity index (χ3v) is 3.25. The second kappa shape index (κ2) is 8.33. The molecule has 0 aliphatic carbocycles. The van der Waals surface area contributed by atoms with Crippen LogP contribution in [-0.4, -0.2) is 0 Å². The van der Waals surface area contributed by atoms with Crippen molar-refractivity contribution < 1.29 is 0 Å². The van der Waals surface area contributed by atoms with Gasteiger partial charge in [0.15, 0.2) is 0 Å². The molecule has 17 heavy (non-hydrogen) atoms. The highest BCUT2D eigenvalue weighted by molar-refractivity contribution is 5.36. The SMILES string of the molecule is CC[CH]c1ccc(CCCC)cc1CCCC. The van der Waals surface area contributed by atoms with E-state index in [1.807, 2.05) is 0 Å². The Morgan fingerprint density at radius 1 is 0.941 bits per heavy atom. The monoisotopic (exact) mass is 231 g/mol. The second-order valence-electron chi connectivity index (χ2n) is 4.85. The molecular formula is C17H27. The molecule has 0 bridgehead atoms. The maximum atomic E-state index is 2.44. The normalized spacial score (nSPS) is 10.8. The molecule has 0 unspecified atom stereocenters. The molecule has 0 heterocycles. The number of aryl methyl sites for hydroxylation is 2. The van der Waals surface area contributed by atoms with Gasteiger partial charge in [0.1, 0.15) is 0 Å². The molecular weight excluding hydrogens is 204 g/mol. The Hall–Kier alpha value is -0.780. The minimum atomic E-state index is 1.13. The fourth-order valence-corrected chi connectivity index (χ4v) is 2.20. The first-order chi connectivity index (χ1) is 8.31. The van der Waals surface area contributed by atoms with E-state index in [1.54, 1.807) is 5.56 Å². The quantitative estimate of drug-likeness (QED) is 0.567. The zero-order valence-electron chi connectivity index (χ0n) is 11.8. The first-order valence-corrected chi connectivity index (χ1v) is 7.26. The van der Waals surface area contributed by atoms with Crippen molar-refractivity contribution in [2.45, 2.75) is 65.7 Å². The maximum Gasteiger partial charge on any atom is -0.00930 e. The molecule has 1 aromatic carbocycles. The van der Waals surface area contributed by atoms with Crippen LogP contribution in [0, 0.1) is 6.42 Å². The molecule has 95 valence electrons. The first-order valence-electron chi connectivity index (χ1n) is 7.26. The predicted molar refractivity (Wildman–Crippen MR) is 77.4 cm³/mol. The third-order valence-electron chi connectivity index (χ3n) is 3.25. The van der Waals surface area contributed by atoms with E-state index >= 15 is 0 Å². The van der Waals surface area contributed by atoms with Crippen LogP contribution in [0.3, 0.4) is 0 Å². The van der Waals surface area contributed by atoms with Crippen LogP contribution in [0.4, 0.5) is 0 Å². The van der Waals surface area contributed by atoms with Gasteiger partial charge < -0.3 is 0 Å². The molecule has 1 rings (SSSR count). The largest absolute Gasteiger partial charge is 0.0654 e. The number of hydrogen-bond acceptors (Lipinski definition) is 0. The summed E-state index contributed by atoms with van der Waals surface area (Å²) in [4.78, 5) is 0. The molecule has 1 radical (unpaired) electrons. The van der Waals surface area contributed by atoms with E-state index in [0.717, 1.165) is 6.42 Å². The van der Waals surface area contributed by atoms with Crippen molar-refractivity contribution in [3.8, 4) is 0 Å². The minimum Gasteiger partial charge on any atom is -0.0654 e. The van der Waals surface area contributed by atoms with Gasteiger partial charge in [0, 0.05) is 0 Å². The Labute approximate surface area is 107 Å². The molecule has 0 atom stereocenters. The van der Waals surface area contributed by atoms with Crippen molar-refractivity contribution in [1.82, 2.24) is 0 Å². The summed E-state index contributed by atoms with van der Waals surface area (Å²) in [6.07, 6.45) is 11.1. The summed E-state index contributed by atoms with van der Waals surface area (Å²) in [5.41, 5.74) is 4.54. The van der Waals surface area contributed by atoms with Crippen LogP contribution in [-0.2, 0) is 12.8 Å². The van der Waals surface area contributed by atoms with Crippen LogP contribution in [0.1, 0.15) is 69.6 Å². The van der Waals surface area contributed by atoms with E-state index in [2.05, 4.69) is 45.4 Å². The molecule has 0 saturated carbocycles. The zero-order valence-corrected chi connectivity index (χ0v) is 11.8. The van der Waals surface area contributed by atoms with Gasteiger partial charge in [-0.3, -0.25) is 0 Å². The molecule has 0 spiro atoms. The van der Waals surface area contributed by atoms with E-state index in [1.165, 1.54) is 49.7 Å². The fraction of sp³-hybridized carbons (Fsp3) is 0.588. The lowest BCUT2D eigenvalue weighted by atomic mass is 9.95. The molecule has 0 fully saturated rings. The average molecular weight is 231 g/mol. The smallest absolute Gasteiger partial charge is 0.00930 e. The summed E-state index contributed by atoms with van der Waals surface area (Å²) in [6.45, 7) is 6.75. The van der Waals surface area contributed by atoms with Crippen LogP contribution < -0.4 is 0 Å². The van der Waals surface area contributed by atoms with Crippen molar-refractivity contribution in [3.63, 3.8) is 0 Å². The second-order valence-corrected chi connectivity index (χ2v) is 4.85. The molecule has 0 aromatic heterocycles. The van der Waals surface area contributed by atoms with Gasteiger partial charge in [0.2, 0.25) is 0 Å². The van der Waals surface area contributed by atoms with E-state index in [4.69, 9.17) is 0 Å². The highest BCUT2D eigenvalue weighted by atomic mass is 14.1. The molecule has 0 aliphatic heterocycles. The maximum absolute atomic E-state index is 2.44. The number of rotatable bonds is 8. The summed E-state index contributed by atoms with van der Waals surface area (Å²) < 4.78 is 0. The number of unbranched alkanes of at least 4 members (excludes halogenated alkanes) is 2. The van der Waals surface area contributed by atoms with Crippen LogP contribution in [0.5, 0.6) is 0 Å². The van der Waals surface area contributed by atoms with Gasteiger partial charge in [-0.25, -0.2) is 0 Å². The molecule has 0 aliphatic rings. The summed E-state index contributed by atoms with van der Waals surface area (Å²) in [7, 11) is 0. The Bertz CT molecular complexity index is 312. The number of benzene rings is 1. The van der Waals surface area contributed by atoms with Gasteiger partial charge in [-0.05, 0) is 55.2 Å². The van der Waals surface area contributed by atoms with Crippen LogP contribution in [0.15, 0.2) is 18.2 Å². The van der Waals surface area contributed by atoms with E-state index in [-0.39, 0.29) is 0 Å². The molecule has 0 amide bonds. The van der Waals surface area contributed by atoms with E-state index in [9.17, 15) is 0 Å². The zero-order chi connectivity index (χ0) is 12.5. The van der Waals surface area contributed by atoms with Crippen molar-refractivity contribution in [2.24, 2.45) is 0 Å². The molecule has 0 N–H and O–H groups in total. The lowest BCUT2D eigenvalue weighted by molar-refractivity contribution is 0.777. The molecule has 0 saturated heterocycles. The van der Waals surface area contributed by atoms with Crippen LogP contribution in [0.2, 0.25) is 0 Å². The van der Waals surface area contributed by atoms with Crippen molar-refractivity contribution in [2.75, 3.05) is 0 Å². The van der Waals surface area contributed by atoms with Gasteiger partial charge in [-0.1, -0.05) is 51.8 Å². The Morgan fingerprint density at radius 2 is 1.65 bits per heavy atom. The summed E-state index contributed by atoms with van der Waals surface area (Å²) in [5, 5.41) is 0. The number of hydrogen-bond donors (Lipinski definition) is 0. The van der Waals surface area contributed by atoms with Crippen LogP contribution >= 0.6 is 0 Å². The third kappa shape index (κ3) is 4.93. The Morgan fingerprint density at radius 3 is 2.29 bits per heavy atom. The molecule has 0 nitrogen and oxygen atoms in total. The Kier molecular flexibility index (Phi) is 7.00. The van der Waals surface area contributed by atoms with Gasteiger partial charge in [-0.2, -0.15) is 0 Å². The van der Waals surface area contributed by atoms with Crippen molar-refractivity contribution >= 4 is 0 Å². The lowest BCUT2D eigenvalue weighted by Gasteiger charge is -2.11. The standard InChI is InChI=1S/C17H27/c1-4-7-10-15-12-13-16(9-6-3)17(14-15)11-8-5-2/h9,12-14H,4-8,10-11H2,1-3H3. The minimum absolute atomic E-state index is 1.13. The highest BCUT2D eigenvalue weighted by Crippen LogP contribution is 2.19. The summed E-state index contributed by atoms with van der Waals surface area (Å²) >= 11 is 0. The van der Waals surface area contributed by atoms with Gasteiger partial charge >= 0.3 is 0 Å². The van der Waals surface area contributed by atoms with Gasteiger partial charge in [0.05, 0.1) is 0 Å². The first kappa shape index (κ1) is 14.3. The highest BCUT2D eigenvalue weighted by Gasteiger charge is 2.03. The fourth-order valence-electron chi connectivity index (χ4n) is 2.20. The van der Waals surface area contributed by atoms with Crippen molar-refractivity contribution in [1.29, 1.82) is 0 Å². The summed E-state index contributed by atoms with van der Waals surface area (Å²) in [5.74, 6) is 0. The Balaban J connectivity index is 2.76. The van der Waals surface area contributed by atoms with Crippen LogP contribution in [0.25, 0.3) is 0 Å². The summed E-state index contributed by atoms with van der Waals surface area (Å²) in [6, 6.07) is 7.07. The lowest BCUT2D eigenvalue weighted by Crippen LogP contribution is -1.96. The van der Waals surface area contributed by atoms with Gasteiger partial charge in [-0.15, -0.1) is 0 Å². The van der Waals surface area contributed by atoms with Crippen molar-refractivity contribution in [3.05, 3.63) is 41.3 Å². The van der Waals surface area contributed by atoms with E-state index < -0.39 is 0 Å². The molecule has 0 heteroatoms. The van der Waals surface area contributed by atoms with E-state index in [0.29, 0.717) is 0 Å². The predicted octanol–water partition coefficient (Wildman–Crippen LogP) is 5.33. The topological polar surface area (TPSA) is 0 Å². The van der Waals surface area contributed by atoms with Gasteiger partial charge in [0.25, 0.3) is 0 Å².